The van der Waals surface area contributed by atoms with Gasteiger partial charge in [0.2, 0.25) is 0 Å². The van der Waals surface area contributed by atoms with Gasteiger partial charge in [-0.05, 0) is 111 Å². The zero-order valence-electron chi connectivity index (χ0n) is 35.2. The number of rotatable bonds is 19. The Kier molecular flexibility index (Phi) is 14.2. The van der Waals surface area contributed by atoms with Gasteiger partial charge in [-0.25, -0.2) is 0 Å². The Hall–Kier alpha value is -1.32. The normalized spacial score (nSPS) is 37.9. The number of allylic oxidation sites excluding steroid dienone is 2. The van der Waals surface area contributed by atoms with Crippen molar-refractivity contribution in [3.05, 3.63) is 11.6 Å². The Bertz CT molecular complexity index is 1220. The third-order valence-electron chi connectivity index (χ3n) is 17.2. The van der Waals surface area contributed by atoms with Crippen molar-refractivity contribution in [2.24, 2.45) is 50.7 Å². The van der Waals surface area contributed by atoms with Gasteiger partial charge in [0.05, 0.1) is 5.41 Å². The Morgan fingerprint density at radius 2 is 1.29 bits per heavy atom. The molecule has 5 rings (SSSR count). The Balaban J connectivity index is 1.06. The van der Waals surface area contributed by atoms with Gasteiger partial charge in [-0.1, -0.05) is 156 Å². The van der Waals surface area contributed by atoms with E-state index in [9.17, 15) is 14.7 Å². The van der Waals surface area contributed by atoms with Crippen LogP contribution in [0.1, 0.15) is 222 Å². The van der Waals surface area contributed by atoms with Crippen molar-refractivity contribution in [1.29, 1.82) is 0 Å². The van der Waals surface area contributed by atoms with Crippen LogP contribution in [0.5, 0.6) is 0 Å². The lowest BCUT2D eigenvalue weighted by molar-refractivity contribution is -0.213. The van der Waals surface area contributed by atoms with Crippen LogP contribution in [0.2, 0.25) is 0 Å². The standard InChI is InChI=1S/C48H82O4/c1-8-9-10-11-12-13-14-15-16-17-18-19-20-21-22-23-24-42(49)52-41-29-30-45(5)39(44(41,3)4)28-31-47(7)40(45)26-25-37-38-35-36(2)27-32-48(38,43(50)51)34-33-46(37,47)6/h25,36,38-41H,8-24,26-35H2,1-7H3,(H,50,51)/t36-,38+,39+,40-,41+,45+,46-,47-,48+/m1/s1. The molecule has 4 saturated carbocycles. The van der Waals surface area contributed by atoms with Gasteiger partial charge < -0.3 is 9.84 Å². The molecule has 0 aromatic carbocycles. The minimum Gasteiger partial charge on any atom is -0.481 e. The molecule has 0 spiro atoms. The van der Waals surface area contributed by atoms with E-state index in [-0.39, 0.29) is 39.7 Å². The van der Waals surface area contributed by atoms with Crippen molar-refractivity contribution in [2.75, 3.05) is 0 Å². The number of aliphatic carboxylic acids is 1. The summed E-state index contributed by atoms with van der Waals surface area (Å²) in [6, 6.07) is 0. The summed E-state index contributed by atoms with van der Waals surface area (Å²) in [7, 11) is 0. The molecular formula is C48H82O4. The molecule has 52 heavy (non-hydrogen) atoms. The highest BCUT2D eigenvalue weighted by Crippen LogP contribution is 2.75. The molecule has 0 bridgehead atoms. The van der Waals surface area contributed by atoms with E-state index >= 15 is 0 Å². The summed E-state index contributed by atoms with van der Waals surface area (Å²) in [4.78, 5) is 26.1. The van der Waals surface area contributed by atoms with Gasteiger partial charge in [0.1, 0.15) is 6.10 Å². The van der Waals surface area contributed by atoms with Crippen molar-refractivity contribution < 1.29 is 19.4 Å². The number of unbranched alkanes of at least 4 members (excludes halogenated alkanes) is 15. The number of fused-ring (bicyclic) bond motifs is 7. The average Bonchev–Trinajstić information content (AvgIpc) is 3.09. The number of carboxylic acid groups (broad SMARTS) is 1. The zero-order chi connectivity index (χ0) is 37.6. The number of esters is 1. The molecule has 0 aromatic rings. The fraction of sp³-hybridized carbons (Fsp3) is 0.917. The summed E-state index contributed by atoms with van der Waals surface area (Å²) in [6.07, 6.45) is 34.9. The third kappa shape index (κ3) is 8.27. The van der Waals surface area contributed by atoms with Crippen molar-refractivity contribution in [3.63, 3.8) is 0 Å². The van der Waals surface area contributed by atoms with E-state index < -0.39 is 11.4 Å². The summed E-state index contributed by atoms with van der Waals surface area (Å²) in [5, 5.41) is 10.6. The van der Waals surface area contributed by atoms with Crippen LogP contribution in [0.4, 0.5) is 0 Å². The molecule has 4 nitrogen and oxygen atoms in total. The van der Waals surface area contributed by atoms with Gasteiger partial charge >= 0.3 is 11.9 Å². The summed E-state index contributed by atoms with van der Waals surface area (Å²) in [6.45, 7) is 17.2. The lowest BCUT2D eigenvalue weighted by Gasteiger charge is -2.71. The maximum Gasteiger partial charge on any atom is 0.310 e. The number of ether oxygens (including phenoxy) is 1. The van der Waals surface area contributed by atoms with Crippen LogP contribution in [0.25, 0.3) is 0 Å². The van der Waals surface area contributed by atoms with Crippen molar-refractivity contribution in [1.82, 2.24) is 0 Å². The summed E-state index contributed by atoms with van der Waals surface area (Å²) in [5.41, 5.74) is 1.33. The molecule has 298 valence electrons. The van der Waals surface area contributed by atoms with Crippen LogP contribution in [0, 0.1) is 50.7 Å². The van der Waals surface area contributed by atoms with Crippen LogP contribution >= 0.6 is 0 Å². The SMILES string of the molecule is CCCCCCCCCCCCCCCCCCC(=O)O[C@H]1CC[C@]2(C)[C@H]3CC=C4[C@@H]5C[C@H](C)CC[C@]5(C(=O)O)CC[C@@]4(C)[C@]3(C)CC[C@H]2C1(C)C. The topological polar surface area (TPSA) is 63.6 Å². The van der Waals surface area contributed by atoms with Gasteiger partial charge in [0.25, 0.3) is 0 Å². The largest absolute Gasteiger partial charge is 0.481 e. The third-order valence-corrected chi connectivity index (χ3v) is 17.2. The van der Waals surface area contributed by atoms with E-state index in [0.29, 0.717) is 24.2 Å². The molecule has 9 atom stereocenters. The lowest BCUT2D eigenvalue weighted by Crippen LogP contribution is -2.65. The highest BCUT2D eigenvalue weighted by molar-refractivity contribution is 5.76. The molecule has 0 radical (unpaired) electrons. The van der Waals surface area contributed by atoms with Crippen LogP contribution < -0.4 is 0 Å². The molecule has 0 unspecified atom stereocenters. The summed E-state index contributed by atoms with van der Waals surface area (Å²) in [5.74, 6) is 1.37. The molecule has 5 aliphatic carbocycles. The van der Waals surface area contributed by atoms with Crippen molar-refractivity contribution >= 4 is 11.9 Å². The predicted molar refractivity (Wildman–Crippen MR) is 216 cm³/mol. The molecule has 0 amide bonds. The van der Waals surface area contributed by atoms with Gasteiger partial charge in [0, 0.05) is 11.8 Å². The average molecular weight is 723 g/mol. The first kappa shape index (κ1) is 41.8. The van der Waals surface area contributed by atoms with E-state index in [1.807, 2.05) is 0 Å². The molecule has 5 aliphatic rings. The molecular weight excluding hydrogens is 641 g/mol. The second-order valence-electron chi connectivity index (χ2n) is 20.6. The molecule has 0 aromatic heterocycles. The Morgan fingerprint density at radius 3 is 1.87 bits per heavy atom. The van der Waals surface area contributed by atoms with E-state index in [0.717, 1.165) is 64.2 Å². The first-order valence-corrected chi connectivity index (χ1v) is 22.9. The highest BCUT2D eigenvalue weighted by Gasteiger charge is 2.69. The monoisotopic (exact) mass is 723 g/mol. The minimum absolute atomic E-state index is 0.00311. The zero-order valence-corrected chi connectivity index (χ0v) is 35.2. The second kappa shape index (κ2) is 17.6. The van der Waals surface area contributed by atoms with Crippen LogP contribution in [-0.4, -0.2) is 23.1 Å². The molecule has 4 heteroatoms. The molecule has 0 heterocycles. The van der Waals surface area contributed by atoms with Crippen LogP contribution in [-0.2, 0) is 14.3 Å². The van der Waals surface area contributed by atoms with E-state index in [2.05, 4.69) is 54.5 Å². The van der Waals surface area contributed by atoms with E-state index in [4.69, 9.17) is 4.74 Å². The van der Waals surface area contributed by atoms with Gasteiger partial charge in [-0.2, -0.15) is 0 Å². The maximum absolute atomic E-state index is 13.2. The Morgan fingerprint density at radius 1 is 0.712 bits per heavy atom. The highest BCUT2D eigenvalue weighted by atomic mass is 16.5. The number of hydrogen-bond donors (Lipinski definition) is 1. The van der Waals surface area contributed by atoms with Crippen molar-refractivity contribution in [2.45, 2.75) is 228 Å². The van der Waals surface area contributed by atoms with Crippen LogP contribution in [0.3, 0.4) is 0 Å². The fourth-order valence-corrected chi connectivity index (χ4v) is 13.7. The van der Waals surface area contributed by atoms with E-state index in [1.165, 1.54) is 108 Å². The summed E-state index contributed by atoms with van der Waals surface area (Å²) < 4.78 is 6.39. The van der Waals surface area contributed by atoms with E-state index in [1.54, 1.807) is 0 Å². The van der Waals surface area contributed by atoms with Gasteiger partial charge in [-0.3, -0.25) is 9.59 Å². The predicted octanol–water partition coefficient (Wildman–Crippen LogP) is 14.0. The molecule has 0 saturated heterocycles. The van der Waals surface area contributed by atoms with Crippen molar-refractivity contribution in [3.8, 4) is 0 Å². The quantitative estimate of drug-likeness (QED) is 0.0819. The van der Waals surface area contributed by atoms with Crippen LogP contribution in [0.15, 0.2) is 11.6 Å². The molecule has 0 aliphatic heterocycles. The summed E-state index contributed by atoms with van der Waals surface area (Å²) >= 11 is 0. The first-order chi connectivity index (χ1) is 24.8. The molecule has 1 N–H and O–H groups in total. The lowest BCUT2D eigenvalue weighted by atomic mass is 9.34. The minimum atomic E-state index is -0.557. The first-order valence-electron chi connectivity index (χ1n) is 22.9. The van der Waals surface area contributed by atoms with Gasteiger partial charge in [0.15, 0.2) is 0 Å². The smallest absolute Gasteiger partial charge is 0.310 e. The Labute approximate surface area is 320 Å². The second-order valence-corrected chi connectivity index (χ2v) is 20.6. The number of hydrogen-bond acceptors (Lipinski definition) is 3. The number of carbonyl (C=O) groups is 2. The fourth-order valence-electron chi connectivity index (χ4n) is 13.7. The number of carboxylic acids is 1. The molecule has 4 fully saturated rings. The number of carbonyl (C=O) groups excluding carboxylic acids is 1. The maximum atomic E-state index is 13.2. The van der Waals surface area contributed by atoms with Gasteiger partial charge in [-0.15, -0.1) is 0 Å².